The summed E-state index contributed by atoms with van der Waals surface area (Å²) in [4.78, 5) is 10.3. The Morgan fingerprint density at radius 2 is 2.30 bits per heavy atom. The summed E-state index contributed by atoms with van der Waals surface area (Å²) in [5.74, 6) is -0.933. The largest absolute Gasteiger partial charge is 0.481 e. The molecule has 0 aliphatic carbocycles. The summed E-state index contributed by atoms with van der Waals surface area (Å²) in [6, 6.07) is 0. The zero-order valence-corrected chi connectivity index (χ0v) is 6.55. The maximum absolute atomic E-state index is 10.3. The highest BCUT2D eigenvalue weighted by atomic mass is 16.4. The monoisotopic (exact) mass is 145 g/mol. The van der Waals surface area contributed by atoms with Crippen LogP contribution in [-0.2, 0) is 4.79 Å². The first-order valence-electron chi connectivity index (χ1n) is 3.62. The Kier molecular flexibility index (Phi) is 4.94. The summed E-state index contributed by atoms with van der Waals surface area (Å²) in [6.07, 6.45) is 0.711. The first-order chi connectivity index (χ1) is 4.68. The van der Waals surface area contributed by atoms with Crippen LogP contribution in [0.4, 0.5) is 0 Å². The molecule has 3 nitrogen and oxygen atoms in total. The van der Waals surface area contributed by atoms with Gasteiger partial charge >= 0.3 is 5.97 Å². The maximum atomic E-state index is 10.3. The van der Waals surface area contributed by atoms with Crippen LogP contribution in [0.3, 0.4) is 0 Å². The molecule has 0 aromatic heterocycles. The van der Waals surface area contributed by atoms with Gasteiger partial charge in [-0.2, -0.15) is 0 Å². The minimum atomic E-state index is -0.710. The Bertz CT molecular complexity index is 104. The molecule has 1 atom stereocenters. The molecule has 0 amide bonds. The SMILES string of the molecule is CCNCCC(C)C(=O)O. The Morgan fingerprint density at radius 3 is 2.70 bits per heavy atom. The summed E-state index contributed by atoms with van der Waals surface area (Å²) < 4.78 is 0. The van der Waals surface area contributed by atoms with Crippen molar-refractivity contribution in [3.63, 3.8) is 0 Å². The van der Waals surface area contributed by atoms with Crippen molar-refractivity contribution in [1.29, 1.82) is 0 Å². The molecule has 0 aromatic carbocycles. The van der Waals surface area contributed by atoms with Crippen molar-refractivity contribution in [2.75, 3.05) is 13.1 Å². The molecule has 0 radical (unpaired) electrons. The van der Waals surface area contributed by atoms with Crippen LogP contribution in [0.15, 0.2) is 0 Å². The van der Waals surface area contributed by atoms with Gasteiger partial charge in [-0.1, -0.05) is 13.8 Å². The third-order valence-electron chi connectivity index (χ3n) is 1.43. The second kappa shape index (κ2) is 5.23. The van der Waals surface area contributed by atoms with Gasteiger partial charge in [0.2, 0.25) is 0 Å². The predicted molar refractivity (Wildman–Crippen MR) is 40.0 cm³/mol. The highest BCUT2D eigenvalue weighted by Crippen LogP contribution is 1.98. The van der Waals surface area contributed by atoms with E-state index in [4.69, 9.17) is 5.11 Å². The molecular weight excluding hydrogens is 130 g/mol. The fraction of sp³-hybridized carbons (Fsp3) is 0.857. The van der Waals surface area contributed by atoms with Crippen molar-refractivity contribution >= 4 is 5.97 Å². The standard InChI is InChI=1S/C7H15NO2/c1-3-8-5-4-6(2)7(9)10/h6,8H,3-5H2,1-2H3,(H,9,10). The van der Waals surface area contributed by atoms with Gasteiger partial charge in [0, 0.05) is 0 Å². The van der Waals surface area contributed by atoms with E-state index in [-0.39, 0.29) is 5.92 Å². The van der Waals surface area contributed by atoms with Gasteiger partial charge < -0.3 is 10.4 Å². The number of carbonyl (C=O) groups is 1. The normalized spacial score (nSPS) is 13.0. The van der Waals surface area contributed by atoms with E-state index < -0.39 is 5.97 Å². The van der Waals surface area contributed by atoms with E-state index in [1.807, 2.05) is 6.92 Å². The smallest absolute Gasteiger partial charge is 0.306 e. The Balaban J connectivity index is 3.21. The van der Waals surface area contributed by atoms with Crippen molar-refractivity contribution < 1.29 is 9.90 Å². The highest BCUT2D eigenvalue weighted by Gasteiger charge is 2.08. The number of carboxylic acids is 1. The fourth-order valence-electron chi connectivity index (χ4n) is 0.619. The van der Waals surface area contributed by atoms with Crippen molar-refractivity contribution in [2.24, 2.45) is 5.92 Å². The number of carboxylic acid groups (broad SMARTS) is 1. The first-order valence-corrected chi connectivity index (χ1v) is 3.62. The van der Waals surface area contributed by atoms with Crippen LogP contribution in [0, 0.1) is 5.92 Å². The lowest BCUT2D eigenvalue weighted by atomic mass is 10.1. The molecular formula is C7H15NO2. The lowest BCUT2D eigenvalue weighted by Crippen LogP contribution is -2.20. The maximum Gasteiger partial charge on any atom is 0.306 e. The quantitative estimate of drug-likeness (QED) is 0.560. The van der Waals surface area contributed by atoms with Crippen molar-refractivity contribution in [1.82, 2.24) is 5.32 Å². The van der Waals surface area contributed by atoms with Gasteiger partial charge in [0.1, 0.15) is 0 Å². The van der Waals surface area contributed by atoms with Crippen LogP contribution in [0.5, 0.6) is 0 Å². The predicted octanol–water partition coefficient (Wildman–Crippen LogP) is 0.707. The van der Waals surface area contributed by atoms with E-state index in [2.05, 4.69) is 5.32 Å². The Labute approximate surface area is 61.4 Å². The van der Waals surface area contributed by atoms with Crippen LogP contribution in [0.25, 0.3) is 0 Å². The summed E-state index contributed by atoms with van der Waals surface area (Å²) in [7, 11) is 0. The topological polar surface area (TPSA) is 49.3 Å². The highest BCUT2D eigenvalue weighted by molar-refractivity contribution is 5.69. The van der Waals surface area contributed by atoms with Gasteiger partial charge in [-0.05, 0) is 19.5 Å². The number of hydrogen-bond acceptors (Lipinski definition) is 2. The van der Waals surface area contributed by atoms with Gasteiger partial charge in [0.15, 0.2) is 0 Å². The molecule has 0 aliphatic rings. The molecule has 2 N–H and O–H groups in total. The minimum absolute atomic E-state index is 0.223. The van der Waals surface area contributed by atoms with Gasteiger partial charge in [0.25, 0.3) is 0 Å². The summed E-state index contributed by atoms with van der Waals surface area (Å²) >= 11 is 0. The summed E-state index contributed by atoms with van der Waals surface area (Å²) in [5, 5.41) is 11.5. The Hall–Kier alpha value is -0.570. The molecule has 1 unspecified atom stereocenters. The summed E-state index contributed by atoms with van der Waals surface area (Å²) in [5.41, 5.74) is 0. The molecule has 0 rings (SSSR count). The van der Waals surface area contributed by atoms with Gasteiger partial charge in [-0.3, -0.25) is 4.79 Å². The molecule has 0 aromatic rings. The van der Waals surface area contributed by atoms with Crippen molar-refractivity contribution in [2.45, 2.75) is 20.3 Å². The molecule has 0 aliphatic heterocycles. The van der Waals surface area contributed by atoms with Crippen molar-refractivity contribution in [3.8, 4) is 0 Å². The molecule has 0 bridgehead atoms. The zero-order valence-electron chi connectivity index (χ0n) is 6.55. The molecule has 0 spiro atoms. The fourth-order valence-corrected chi connectivity index (χ4v) is 0.619. The number of hydrogen-bond donors (Lipinski definition) is 2. The van der Waals surface area contributed by atoms with Crippen LogP contribution < -0.4 is 5.32 Å². The van der Waals surface area contributed by atoms with E-state index in [0.29, 0.717) is 6.42 Å². The van der Waals surface area contributed by atoms with E-state index in [9.17, 15) is 4.79 Å². The Morgan fingerprint density at radius 1 is 1.70 bits per heavy atom. The van der Waals surface area contributed by atoms with Gasteiger partial charge in [-0.25, -0.2) is 0 Å². The molecule has 0 saturated carbocycles. The molecule has 0 saturated heterocycles. The van der Waals surface area contributed by atoms with Crippen molar-refractivity contribution in [3.05, 3.63) is 0 Å². The molecule has 60 valence electrons. The second-order valence-corrected chi connectivity index (χ2v) is 2.38. The zero-order chi connectivity index (χ0) is 7.98. The average molecular weight is 145 g/mol. The molecule has 10 heavy (non-hydrogen) atoms. The third-order valence-corrected chi connectivity index (χ3v) is 1.43. The van der Waals surface area contributed by atoms with E-state index >= 15 is 0 Å². The van der Waals surface area contributed by atoms with Crippen LogP contribution >= 0.6 is 0 Å². The van der Waals surface area contributed by atoms with Crippen LogP contribution in [0.2, 0.25) is 0 Å². The van der Waals surface area contributed by atoms with Crippen LogP contribution in [-0.4, -0.2) is 24.2 Å². The average Bonchev–Trinajstić information content (AvgIpc) is 1.88. The molecule has 0 heterocycles. The first kappa shape index (κ1) is 9.43. The minimum Gasteiger partial charge on any atom is -0.481 e. The molecule has 0 fully saturated rings. The second-order valence-electron chi connectivity index (χ2n) is 2.38. The third kappa shape index (κ3) is 4.32. The van der Waals surface area contributed by atoms with Crippen LogP contribution in [0.1, 0.15) is 20.3 Å². The van der Waals surface area contributed by atoms with Gasteiger partial charge in [-0.15, -0.1) is 0 Å². The summed E-state index contributed by atoms with van der Waals surface area (Å²) in [6.45, 7) is 5.43. The number of nitrogens with one attached hydrogen (secondary N) is 1. The molecule has 3 heteroatoms. The van der Waals surface area contributed by atoms with E-state index in [1.54, 1.807) is 6.92 Å². The number of rotatable bonds is 5. The lowest BCUT2D eigenvalue weighted by Gasteiger charge is -2.04. The van der Waals surface area contributed by atoms with E-state index in [0.717, 1.165) is 13.1 Å². The van der Waals surface area contributed by atoms with E-state index in [1.165, 1.54) is 0 Å². The van der Waals surface area contributed by atoms with Gasteiger partial charge in [0.05, 0.1) is 5.92 Å². The number of aliphatic carboxylic acids is 1. The lowest BCUT2D eigenvalue weighted by molar-refractivity contribution is -0.141.